The number of rotatable bonds is 0. The van der Waals surface area contributed by atoms with Gasteiger partial charge in [-0.15, -0.1) is 0 Å². The van der Waals surface area contributed by atoms with E-state index in [2.05, 4.69) is 0 Å². The van der Waals surface area contributed by atoms with Gasteiger partial charge in [0.1, 0.15) is 0 Å². The van der Waals surface area contributed by atoms with Crippen LogP contribution in [0.5, 0.6) is 0 Å². The van der Waals surface area contributed by atoms with Gasteiger partial charge in [-0.1, -0.05) is 0 Å². The van der Waals surface area contributed by atoms with Crippen molar-refractivity contribution >= 4 is 0 Å². The molecule has 0 saturated carbocycles. The first-order valence-corrected chi connectivity index (χ1v) is 0.224. The van der Waals surface area contributed by atoms with E-state index in [0.717, 1.165) is 0 Å². The fourth-order valence-electron chi connectivity index (χ4n) is 0. The van der Waals surface area contributed by atoms with Gasteiger partial charge in [-0.25, -0.2) is 0 Å². The van der Waals surface area contributed by atoms with Gasteiger partial charge in [0.15, 0.2) is 0 Å². The molecular formula is CCuNZn-. The third-order valence-corrected chi connectivity index (χ3v) is 0. The van der Waals surface area contributed by atoms with E-state index in [0.29, 0.717) is 0 Å². The van der Waals surface area contributed by atoms with Crippen LogP contribution < -0.4 is 0 Å². The molecule has 0 bridgehead atoms. The molecule has 0 aromatic heterocycles. The van der Waals surface area contributed by atoms with Crippen LogP contribution >= 0.6 is 0 Å². The van der Waals surface area contributed by atoms with E-state index >= 15 is 0 Å². The molecule has 0 aliphatic carbocycles. The average molecular weight is 155 g/mol. The Morgan fingerprint density at radius 1 is 1.25 bits per heavy atom. The maximum absolute atomic E-state index is 6.25. The Labute approximate surface area is 48.6 Å². The predicted molar refractivity (Wildman–Crippen MR) is 4.97 cm³/mol. The topological polar surface area (TPSA) is 23.8 Å². The minimum atomic E-state index is 0. The van der Waals surface area contributed by atoms with Gasteiger partial charge >= 0.3 is 0 Å². The second-order valence-corrected chi connectivity index (χ2v) is 0. The smallest absolute Gasteiger partial charge is 0 e. The average Bonchev–Trinajstić information content (AvgIpc) is 1.00. The zero-order chi connectivity index (χ0) is 2.00. The molecule has 0 spiro atoms. The largest absolute Gasteiger partial charge is 0.512 e. The molecule has 0 aliphatic rings. The van der Waals surface area contributed by atoms with Crippen LogP contribution in [0.25, 0.3) is 0 Å². The van der Waals surface area contributed by atoms with E-state index < -0.39 is 0 Å². The predicted octanol–water partition coefficient (Wildman–Crippen LogP) is 0.0914. The zero-order valence-corrected chi connectivity index (χ0v) is 5.86. The van der Waals surface area contributed by atoms with Crippen molar-refractivity contribution in [3.05, 3.63) is 6.57 Å². The van der Waals surface area contributed by atoms with E-state index in [1.54, 1.807) is 0 Å². The minimum absolute atomic E-state index is 0. The van der Waals surface area contributed by atoms with Crippen molar-refractivity contribution in [2.45, 2.75) is 0 Å². The second-order valence-electron chi connectivity index (χ2n) is 0. The van der Waals surface area contributed by atoms with Crippen molar-refractivity contribution in [1.29, 1.82) is 5.26 Å². The van der Waals surface area contributed by atoms with Gasteiger partial charge in [0.25, 0.3) is 0 Å². The van der Waals surface area contributed by atoms with Crippen LogP contribution in [0.3, 0.4) is 0 Å². The van der Waals surface area contributed by atoms with Crippen LogP contribution in [-0.4, -0.2) is 0 Å². The second kappa shape index (κ2) is 62.9. The zero-order valence-electron chi connectivity index (χ0n) is 1.96. The Kier molecular flexibility index (Phi) is 360. The molecule has 0 fully saturated rings. The molecule has 0 aromatic carbocycles. The van der Waals surface area contributed by atoms with Gasteiger partial charge < -0.3 is 11.8 Å². The molecule has 3 heteroatoms. The molecule has 0 unspecified atom stereocenters. The molecule has 0 aliphatic heterocycles. The van der Waals surface area contributed by atoms with Crippen molar-refractivity contribution in [3.63, 3.8) is 0 Å². The van der Waals surface area contributed by atoms with E-state index in [-0.39, 0.29) is 36.5 Å². The van der Waals surface area contributed by atoms with Crippen molar-refractivity contribution in [1.82, 2.24) is 0 Å². The Hall–Kier alpha value is 0.633. The monoisotopic (exact) mass is 153 g/mol. The summed E-state index contributed by atoms with van der Waals surface area (Å²) in [5.74, 6) is 0. The van der Waals surface area contributed by atoms with Crippen LogP contribution in [0.4, 0.5) is 0 Å². The molecule has 0 saturated heterocycles. The van der Waals surface area contributed by atoms with Crippen LogP contribution in [0.1, 0.15) is 0 Å². The summed E-state index contributed by atoms with van der Waals surface area (Å²) < 4.78 is 0. The first kappa shape index (κ1) is 22.9. The molecule has 0 amide bonds. The van der Waals surface area contributed by atoms with Gasteiger partial charge in [-0.2, -0.15) is 0 Å². The molecule has 1 radical (unpaired) electrons. The van der Waals surface area contributed by atoms with E-state index in [1.807, 2.05) is 0 Å². The standard InChI is InChI=1S/CN.Cu.Zn/c1-2;;/q-1;;. The minimum Gasteiger partial charge on any atom is -0.512 e. The van der Waals surface area contributed by atoms with Gasteiger partial charge in [0.2, 0.25) is 0 Å². The van der Waals surface area contributed by atoms with Crippen LogP contribution in [0.15, 0.2) is 0 Å². The van der Waals surface area contributed by atoms with E-state index in [9.17, 15) is 0 Å². The third-order valence-electron chi connectivity index (χ3n) is 0. The SMILES string of the molecule is [C-]#N.[Cu].[Zn]. The van der Waals surface area contributed by atoms with E-state index in [4.69, 9.17) is 11.8 Å². The first-order chi connectivity index (χ1) is 1.00. The molecule has 0 N–H and O–H groups in total. The van der Waals surface area contributed by atoms with E-state index in [1.165, 1.54) is 0 Å². The normalized spacial score (nSPS) is 0.500. The number of hydrogen-bond acceptors (Lipinski definition) is 1. The van der Waals surface area contributed by atoms with Gasteiger partial charge in [-0.05, 0) is 0 Å². The number of nitrogens with zero attached hydrogens (tertiary/aromatic N) is 1. The molecule has 0 heterocycles. The van der Waals surface area contributed by atoms with Crippen molar-refractivity contribution in [2.24, 2.45) is 0 Å². The molecule has 0 atom stereocenters. The summed E-state index contributed by atoms with van der Waals surface area (Å²) in [6.07, 6.45) is 0. The summed E-state index contributed by atoms with van der Waals surface area (Å²) in [5.41, 5.74) is 0. The molecule has 1 nitrogen and oxygen atoms in total. The van der Waals surface area contributed by atoms with Gasteiger partial charge in [0, 0.05) is 36.5 Å². The van der Waals surface area contributed by atoms with Crippen LogP contribution in [0, 0.1) is 11.8 Å². The summed E-state index contributed by atoms with van der Waals surface area (Å²) in [6, 6.07) is 0. The molecule has 23 valence electrons. The van der Waals surface area contributed by atoms with Crippen LogP contribution in [-0.2, 0) is 36.5 Å². The summed E-state index contributed by atoms with van der Waals surface area (Å²) in [7, 11) is 0. The maximum Gasteiger partial charge on any atom is 0 e. The number of hydrogen-bond donors (Lipinski definition) is 0. The molecule has 0 aromatic rings. The quantitative estimate of drug-likeness (QED) is 0.359. The van der Waals surface area contributed by atoms with Crippen molar-refractivity contribution in [3.8, 4) is 0 Å². The fourth-order valence-corrected chi connectivity index (χ4v) is 0. The Bertz CT molecular complexity index is 12.8. The molecule has 4 heavy (non-hydrogen) atoms. The van der Waals surface area contributed by atoms with Crippen molar-refractivity contribution in [2.75, 3.05) is 0 Å². The summed E-state index contributed by atoms with van der Waals surface area (Å²) >= 11 is 0. The summed E-state index contributed by atoms with van der Waals surface area (Å²) in [6.45, 7) is 4.75. The third kappa shape index (κ3) is 17.5. The fraction of sp³-hybridized carbons (Fsp3) is 0. The molecule has 0 rings (SSSR count). The summed E-state index contributed by atoms with van der Waals surface area (Å²) in [5, 5.41) is 6.25. The Morgan fingerprint density at radius 3 is 1.25 bits per heavy atom. The van der Waals surface area contributed by atoms with Gasteiger partial charge in [0.05, 0.1) is 0 Å². The van der Waals surface area contributed by atoms with Crippen molar-refractivity contribution < 1.29 is 36.5 Å². The Morgan fingerprint density at radius 2 is 1.25 bits per heavy atom. The first-order valence-electron chi connectivity index (χ1n) is 0.224. The van der Waals surface area contributed by atoms with Crippen LogP contribution in [0.2, 0.25) is 0 Å². The summed E-state index contributed by atoms with van der Waals surface area (Å²) in [4.78, 5) is 0. The Balaban J connectivity index is -0.00000000500. The van der Waals surface area contributed by atoms with Gasteiger partial charge in [-0.3, -0.25) is 0 Å². The molecular weight excluding hydrogens is 155 g/mol. The maximum atomic E-state index is 6.25.